The van der Waals surface area contributed by atoms with Gasteiger partial charge >= 0.3 is 0 Å². The van der Waals surface area contributed by atoms with Gasteiger partial charge in [-0.25, -0.2) is 4.98 Å². The zero-order chi connectivity index (χ0) is 17.8. The van der Waals surface area contributed by atoms with Crippen LogP contribution in [0.2, 0.25) is 0 Å². The maximum atomic E-state index is 4.42. The SMILES string of the molecule is Cc1ccccc1CSc1nnc(-c2cnccn2)n1-c1ccccc1. The van der Waals surface area contributed by atoms with Gasteiger partial charge < -0.3 is 0 Å². The van der Waals surface area contributed by atoms with Gasteiger partial charge in [0.05, 0.1) is 6.20 Å². The topological polar surface area (TPSA) is 56.5 Å². The van der Waals surface area contributed by atoms with Gasteiger partial charge in [0.2, 0.25) is 0 Å². The van der Waals surface area contributed by atoms with E-state index >= 15 is 0 Å². The predicted molar refractivity (Wildman–Crippen MR) is 103 cm³/mol. The summed E-state index contributed by atoms with van der Waals surface area (Å²) in [4.78, 5) is 8.55. The fourth-order valence-corrected chi connectivity index (χ4v) is 3.70. The van der Waals surface area contributed by atoms with E-state index in [1.54, 1.807) is 30.4 Å². The Hall–Kier alpha value is -2.99. The van der Waals surface area contributed by atoms with Gasteiger partial charge in [-0.05, 0) is 30.2 Å². The Kier molecular flexibility index (Phi) is 4.75. The maximum Gasteiger partial charge on any atom is 0.196 e. The summed E-state index contributed by atoms with van der Waals surface area (Å²) >= 11 is 1.67. The number of hydrogen-bond donors (Lipinski definition) is 0. The highest BCUT2D eigenvalue weighted by molar-refractivity contribution is 7.98. The fourth-order valence-electron chi connectivity index (χ4n) is 2.67. The van der Waals surface area contributed by atoms with Crippen LogP contribution in [0.3, 0.4) is 0 Å². The number of benzene rings is 2. The fraction of sp³-hybridized carbons (Fsp3) is 0.100. The van der Waals surface area contributed by atoms with Crippen LogP contribution in [-0.4, -0.2) is 24.7 Å². The number of aromatic nitrogens is 5. The molecule has 0 amide bonds. The van der Waals surface area contributed by atoms with Crippen LogP contribution in [0, 0.1) is 6.92 Å². The maximum absolute atomic E-state index is 4.42. The molecule has 0 spiro atoms. The molecule has 0 aliphatic rings. The van der Waals surface area contributed by atoms with Gasteiger partial charge in [0, 0.05) is 23.8 Å². The van der Waals surface area contributed by atoms with Gasteiger partial charge in [0.15, 0.2) is 11.0 Å². The summed E-state index contributed by atoms with van der Waals surface area (Å²) in [6.45, 7) is 2.13. The van der Waals surface area contributed by atoms with Crippen molar-refractivity contribution in [1.29, 1.82) is 0 Å². The summed E-state index contributed by atoms with van der Waals surface area (Å²) in [5.74, 6) is 1.52. The number of hydrogen-bond acceptors (Lipinski definition) is 5. The molecule has 0 aliphatic carbocycles. The first kappa shape index (κ1) is 16.5. The third-order valence-corrected chi connectivity index (χ3v) is 5.04. The Bertz CT molecular complexity index is 999. The van der Waals surface area contributed by atoms with E-state index in [2.05, 4.69) is 51.4 Å². The number of rotatable bonds is 5. The van der Waals surface area contributed by atoms with E-state index in [4.69, 9.17) is 0 Å². The second kappa shape index (κ2) is 7.49. The summed E-state index contributed by atoms with van der Waals surface area (Å²) in [6.07, 6.45) is 5.03. The van der Waals surface area contributed by atoms with Gasteiger partial charge in [0.25, 0.3) is 0 Å². The van der Waals surface area contributed by atoms with E-state index < -0.39 is 0 Å². The quantitative estimate of drug-likeness (QED) is 0.497. The molecule has 0 saturated carbocycles. The number of nitrogens with zero attached hydrogens (tertiary/aromatic N) is 5. The van der Waals surface area contributed by atoms with Gasteiger partial charge in [-0.1, -0.05) is 54.2 Å². The molecule has 2 heterocycles. The summed E-state index contributed by atoms with van der Waals surface area (Å²) in [5, 5.41) is 9.64. The van der Waals surface area contributed by atoms with Crippen molar-refractivity contribution in [2.24, 2.45) is 0 Å². The van der Waals surface area contributed by atoms with Crippen LogP contribution < -0.4 is 0 Å². The lowest BCUT2D eigenvalue weighted by molar-refractivity contribution is 0.884. The standard InChI is InChI=1S/C20H17N5S/c1-15-7-5-6-8-16(15)14-26-20-24-23-19(18-13-21-11-12-22-18)25(20)17-9-3-2-4-10-17/h2-13H,14H2,1H3. The molecule has 6 heteroatoms. The Morgan fingerprint density at radius 3 is 2.50 bits per heavy atom. The van der Waals surface area contributed by atoms with Gasteiger partial charge in [0.1, 0.15) is 5.69 Å². The molecule has 0 radical (unpaired) electrons. The van der Waals surface area contributed by atoms with Gasteiger partial charge in [-0.2, -0.15) is 0 Å². The molecule has 26 heavy (non-hydrogen) atoms. The van der Waals surface area contributed by atoms with Crippen LogP contribution in [0.4, 0.5) is 0 Å². The lowest BCUT2D eigenvalue weighted by Gasteiger charge is -2.10. The molecule has 0 bridgehead atoms. The molecule has 0 saturated heterocycles. The van der Waals surface area contributed by atoms with Crippen molar-refractivity contribution >= 4 is 11.8 Å². The minimum absolute atomic E-state index is 0.691. The zero-order valence-corrected chi connectivity index (χ0v) is 15.1. The minimum atomic E-state index is 0.691. The first-order valence-electron chi connectivity index (χ1n) is 8.27. The Morgan fingerprint density at radius 1 is 0.923 bits per heavy atom. The molecule has 4 rings (SSSR count). The average molecular weight is 359 g/mol. The van der Waals surface area contributed by atoms with Crippen LogP contribution in [0.25, 0.3) is 17.2 Å². The van der Waals surface area contributed by atoms with Crippen molar-refractivity contribution in [2.45, 2.75) is 17.8 Å². The monoisotopic (exact) mass is 359 g/mol. The largest absolute Gasteiger partial charge is 0.269 e. The van der Waals surface area contributed by atoms with Crippen LogP contribution >= 0.6 is 11.8 Å². The van der Waals surface area contributed by atoms with E-state index in [0.29, 0.717) is 11.5 Å². The molecular formula is C20H17N5S. The van der Waals surface area contributed by atoms with Crippen molar-refractivity contribution in [1.82, 2.24) is 24.7 Å². The second-order valence-corrected chi connectivity index (χ2v) is 6.73. The third-order valence-electron chi connectivity index (χ3n) is 4.06. The van der Waals surface area contributed by atoms with Gasteiger partial charge in [-0.15, -0.1) is 10.2 Å². The summed E-state index contributed by atoms with van der Waals surface area (Å²) in [7, 11) is 0. The molecule has 128 valence electrons. The second-order valence-electron chi connectivity index (χ2n) is 5.78. The molecule has 0 aliphatic heterocycles. The highest BCUT2D eigenvalue weighted by Gasteiger charge is 2.17. The van der Waals surface area contributed by atoms with E-state index in [-0.39, 0.29) is 0 Å². The first-order valence-corrected chi connectivity index (χ1v) is 9.26. The zero-order valence-electron chi connectivity index (χ0n) is 14.3. The molecule has 2 aromatic heterocycles. The average Bonchev–Trinajstić information content (AvgIpc) is 3.13. The highest BCUT2D eigenvalue weighted by atomic mass is 32.2. The Morgan fingerprint density at radius 2 is 1.73 bits per heavy atom. The molecule has 0 N–H and O–H groups in total. The van der Waals surface area contributed by atoms with Crippen LogP contribution in [0.1, 0.15) is 11.1 Å². The lowest BCUT2D eigenvalue weighted by atomic mass is 10.1. The first-order chi connectivity index (χ1) is 12.8. The van der Waals surface area contributed by atoms with Crippen molar-refractivity contribution in [3.8, 4) is 17.2 Å². The molecule has 0 fully saturated rings. The van der Waals surface area contributed by atoms with E-state index in [1.807, 2.05) is 34.9 Å². The molecule has 0 atom stereocenters. The van der Waals surface area contributed by atoms with E-state index in [9.17, 15) is 0 Å². The number of para-hydroxylation sites is 1. The van der Waals surface area contributed by atoms with Crippen molar-refractivity contribution in [3.63, 3.8) is 0 Å². The molecule has 5 nitrogen and oxygen atoms in total. The summed E-state index contributed by atoms with van der Waals surface area (Å²) < 4.78 is 2.03. The summed E-state index contributed by atoms with van der Waals surface area (Å²) in [6, 6.07) is 18.5. The third kappa shape index (κ3) is 3.36. The van der Waals surface area contributed by atoms with E-state index in [0.717, 1.165) is 16.6 Å². The Balaban J connectivity index is 1.73. The molecule has 2 aromatic carbocycles. The number of aryl methyl sites for hydroxylation is 1. The van der Waals surface area contributed by atoms with Crippen molar-refractivity contribution < 1.29 is 0 Å². The normalized spacial score (nSPS) is 10.8. The summed E-state index contributed by atoms with van der Waals surface area (Å²) in [5.41, 5.74) is 4.28. The lowest BCUT2D eigenvalue weighted by Crippen LogP contribution is -2.01. The molecule has 4 aromatic rings. The molecular weight excluding hydrogens is 342 g/mol. The van der Waals surface area contributed by atoms with Gasteiger partial charge in [-0.3, -0.25) is 9.55 Å². The Labute approximate surface area is 156 Å². The van der Waals surface area contributed by atoms with Crippen LogP contribution in [0.15, 0.2) is 78.3 Å². The predicted octanol–water partition coefficient (Wildman–Crippen LogP) is 4.33. The minimum Gasteiger partial charge on any atom is -0.269 e. The smallest absolute Gasteiger partial charge is 0.196 e. The van der Waals surface area contributed by atoms with E-state index in [1.165, 1.54) is 11.1 Å². The highest BCUT2D eigenvalue weighted by Crippen LogP contribution is 2.29. The van der Waals surface area contributed by atoms with Crippen LogP contribution in [-0.2, 0) is 5.75 Å². The number of thioether (sulfide) groups is 1. The van der Waals surface area contributed by atoms with Crippen LogP contribution in [0.5, 0.6) is 0 Å². The molecule has 0 unspecified atom stereocenters. The van der Waals surface area contributed by atoms with Crippen molar-refractivity contribution in [2.75, 3.05) is 0 Å². The van der Waals surface area contributed by atoms with Crippen molar-refractivity contribution in [3.05, 3.63) is 84.3 Å².